The Morgan fingerprint density at radius 1 is 0.810 bits per heavy atom. The number of aromatic amines is 3. The lowest BCUT2D eigenvalue weighted by molar-refractivity contribution is -0.138. The van der Waals surface area contributed by atoms with Crippen LogP contribution in [0.3, 0.4) is 0 Å². The van der Waals surface area contributed by atoms with Crippen LogP contribution in [0.4, 0.5) is 0 Å². The summed E-state index contributed by atoms with van der Waals surface area (Å²) in [4.78, 5) is 33.9. The van der Waals surface area contributed by atoms with Gasteiger partial charge in [0.2, 0.25) is 0 Å². The quantitative estimate of drug-likeness (QED) is 0.237. The molecule has 0 unspecified atom stereocenters. The first-order valence-electron chi connectivity index (χ1n) is 14.2. The summed E-state index contributed by atoms with van der Waals surface area (Å²) in [6.07, 6.45) is 11.4. The van der Waals surface area contributed by atoms with Gasteiger partial charge in [-0.25, -0.2) is 0 Å². The zero-order chi connectivity index (χ0) is 30.3. The second-order valence-corrected chi connectivity index (χ2v) is 11.2. The number of carbonyl (C=O) groups is 2. The number of aromatic nitrogens is 3. The lowest BCUT2D eigenvalue weighted by Crippen LogP contribution is -2.27. The lowest BCUT2D eigenvalue weighted by Gasteiger charge is -2.17. The van der Waals surface area contributed by atoms with Crippen LogP contribution in [-0.2, 0) is 22.4 Å². The summed E-state index contributed by atoms with van der Waals surface area (Å²) in [6, 6.07) is -0.138. The molecule has 8 nitrogen and oxygen atoms in total. The number of carboxylic acids is 2. The fraction of sp³-hybridized carbons (Fsp3) is 0.294. The van der Waals surface area contributed by atoms with Gasteiger partial charge in [0, 0.05) is 69.6 Å². The number of H-pyrrole nitrogens is 3. The summed E-state index contributed by atoms with van der Waals surface area (Å²) < 4.78 is 0. The summed E-state index contributed by atoms with van der Waals surface area (Å²) in [5.74, 6) is -1.69. The van der Waals surface area contributed by atoms with Gasteiger partial charge in [-0.05, 0) is 92.2 Å². The molecule has 0 aromatic carbocycles. The van der Waals surface area contributed by atoms with Crippen molar-refractivity contribution in [2.75, 3.05) is 0 Å². The van der Waals surface area contributed by atoms with Crippen LogP contribution in [0.1, 0.15) is 82.3 Å². The number of hydrogen-bond donors (Lipinski definition) is 6. The fourth-order valence-electron chi connectivity index (χ4n) is 6.34. The highest BCUT2D eigenvalue weighted by Gasteiger charge is 2.29. The number of rotatable bonds is 8. The number of aliphatic carboxylic acids is 2. The topological polar surface area (TPSA) is 134 Å². The molecule has 5 heterocycles. The summed E-state index contributed by atoms with van der Waals surface area (Å²) in [5.41, 5.74) is 12.9. The van der Waals surface area contributed by atoms with Gasteiger partial charge in [-0.1, -0.05) is 25.3 Å². The first-order chi connectivity index (χ1) is 20.0. The second kappa shape index (κ2) is 11.3. The van der Waals surface area contributed by atoms with Gasteiger partial charge in [-0.3, -0.25) is 9.59 Å². The van der Waals surface area contributed by atoms with Gasteiger partial charge < -0.3 is 30.5 Å². The summed E-state index contributed by atoms with van der Waals surface area (Å²) in [7, 11) is 0. The summed E-state index contributed by atoms with van der Waals surface area (Å²) >= 11 is 0. The van der Waals surface area contributed by atoms with Gasteiger partial charge in [-0.15, -0.1) is 0 Å². The molecule has 0 saturated heterocycles. The third-order valence-electron chi connectivity index (χ3n) is 8.76. The first-order valence-corrected chi connectivity index (χ1v) is 14.2. The average molecular weight is 567 g/mol. The SMILES string of the molecule is C=Cc1c2[nH]c(c1C)/C=C1\N[C@H](Cc3[nH]c(c(C)c3CCC(=O)O)/C=c3\[nH]/c(c(C)c3C=C)=C\2)C(CCC(=O)O)=C1C. The minimum Gasteiger partial charge on any atom is -0.481 e. The van der Waals surface area contributed by atoms with Crippen molar-refractivity contribution in [2.45, 2.75) is 65.8 Å². The Bertz CT molecular complexity index is 1820. The monoisotopic (exact) mass is 566 g/mol. The Balaban J connectivity index is 1.80. The van der Waals surface area contributed by atoms with E-state index in [1.165, 1.54) is 0 Å². The van der Waals surface area contributed by atoms with Gasteiger partial charge in [0.25, 0.3) is 0 Å². The molecule has 0 amide bonds. The Kier molecular flexibility index (Phi) is 7.73. The molecule has 0 fully saturated rings. The highest BCUT2D eigenvalue weighted by atomic mass is 16.4. The van der Waals surface area contributed by atoms with E-state index in [1.807, 2.05) is 26.0 Å². The molecule has 8 bridgehead atoms. The Labute approximate surface area is 245 Å². The first kappa shape index (κ1) is 28.8. The number of hydrogen-bond acceptors (Lipinski definition) is 3. The zero-order valence-electron chi connectivity index (χ0n) is 24.6. The molecule has 0 saturated carbocycles. The lowest BCUT2D eigenvalue weighted by atomic mass is 9.94. The standard InChI is InChI=1S/C34H38N4O4/c1-7-21-17(3)25-13-26-19(5)23(9-11-33(39)40)31(37-26)16-32-24(10-12-34(41)42)20(6)28(38-32)15-30-22(8-2)18(4)27(36-30)14-29(21)35-25/h7-8,13-15,31,35-38H,1-2,9-12,16H2,3-6H3,(H,39,40)(H,41,42)/b26-13-,27-14-,30-15-/t31-/m1/s1. The van der Waals surface area contributed by atoms with Crippen LogP contribution in [0.25, 0.3) is 30.4 Å². The van der Waals surface area contributed by atoms with E-state index in [9.17, 15) is 19.8 Å². The maximum atomic E-state index is 11.6. The Hall–Kier alpha value is -4.72. The van der Waals surface area contributed by atoms with Crippen LogP contribution in [-0.4, -0.2) is 43.1 Å². The second-order valence-electron chi connectivity index (χ2n) is 11.2. The van der Waals surface area contributed by atoms with Crippen molar-refractivity contribution >= 4 is 42.3 Å². The molecule has 3 aromatic rings. The van der Waals surface area contributed by atoms with Gasteiger partial charge in [0.15, 0.2) is 0 Å². The van der Waals surface area contributed by atoms with Crippen molar-refractivity contribution in [1.29, 1.82) is 0 Å². The van der Waals surface area contributed by atoms with Crippen LogP contribution in [0.5, 0.6) is 0 Å². The highest BCUT2D eigenvalue weighted by Crippen LogP contribution is 2.34. The van der Waals surface area contributed by atoms with Gasteiger partial charge >= 0.3 is 11.9 Å². The van der Waals surface area contributed by atoms with E-state index in [-0.39, 0.29) is 18.9 Å². The molecule has 0 spiro atoms. The van der Waals surface area contributed by atoms with Crippen LogP contribution in [0, 0.1) is 20.8 Å². The van der Waals surface area contributed by atoms with E-state index in [2.05, 4.69) is 65.5 Å². The Morgan fingerprint density at radius 2 is 1.45 bits per heavy atom. The summed E-state index contributed by atoms with van der Waals surface area (Å²) in [6.45, 7) is 16.3. The van der Waals surface area contributed by atoms with Crippen molar-refractivity contribution < 1.29 is 19.8 Å². The van der Waals surface area contributed by atoms with Gasteiger partial charge in [0.05, 0.1) is 6.04 Å². The molecule has 218 valence electrons. The normalized spacial score (nSPS) is 18.8. The molecular weight excluding hydrogens is 528 g/mol. The third kappa shape index (κ3) is 5.20. The maximum Gasteiger partial charge on any atom is 0.303 e. The number of nitrogens with one attached hydrogen (secondary N) is 4. The summed E-state index contributed by atoms with van der Waals surface area (Å²) in [5, 5.41) is 24.5. The molecule has 5 rings (SSSR count). The molecule has 3 aromatic heterocycles. The van der Waals surface area contributed by atoms with Crippen molar-refractivity contribution in [2.24, 2.45) is 0 Å². The number of fused-ring (bicyclic) bond motifs is 8. The van der Waals surface area contributed by atoms with E-state index in [1.54, 1.807) is 0 Å². The molecule has 0 radical (unpaired) electrons. The molecule has 1 atom stereocenters. The predicted molar refractivity (Wildman–Crippen MR) is 167 cm³/mol. The van der Waals surface area contributed by atoms with Crippen LogP contribution in [0.2, 0.25) is 0 Å². The van der Waals surface area contributed by atoms with Gasteiger partial charge in [0.1, 0.15) is 0 Å². The van der Waals surface area contributed by atoms with Crippen molar-refractivity contribution in [3.05, 3.63) is 96.9 Å². The smallest absolute Gasteiger partial charge is 0.303 e. The molecule has 2 aliphatic heterocycles. The van der Waals surface area contributed by atoms with E-state index < -0.39 is 11.9 Å². The fourth-order valence-corrected chi connectivity index (χ4v) is 6.34. The van der Waals surface area contributed by atoms with Crippen molar-refractivity contribution in [3.8, 4) is 0 Å². The van der Waals surface area contributed by atoms with Crippen molar-refractivity contribution in [1.82, 2.24) is 20.3 Å². The molecule has 8 heteroatoms. The van der Waals surface area contributed by atoms with Crippen LogP contribution >= 0.6 is 0 Å². The maximum absolute atomic E-state index is 11.6. The zero-order valence-corrected chi connectivity index (χ0v) is 24.6. The third-order valence-corrected chi connectivity index (χ3v) is 8.76. The molecular formula is C34H38N4O4. The van der Waals surface area contributed by atoms with E-state index in [0.29, 0.717) is 19.3 Å². The van der Waals surface area contributed by atoms with E-state index in [0.717, 1.165) is 83.7 Å². The molecule has 2 aliphatic rings. The van der Waals surface area contributed by atoms with Crippen LogP contribution < -0.4 is 16.0 Å². The van der Waals surface area contributed by atoms with E-state index >= 15 is 0 Å². The Morgan fingerprint density at radius 3 is 2.12 bits per heavy atom. The molecule has 42 heavy (non-hydrogen) atoms. The largest absolute Gasteiger partial charge is 0.481 e. The minimum absolute atomic E-state index is 0.0214. The molecule has 6 N–H and O–H groups in total. The van der Waals surface area contributed by atoms with Gasteiger partial charge in [-0.2, -0.15) is 0 Å². The minimum atomic E-state index is -0.846. The van der Waals surface area contributed by atoms with Crippen molar-refractivity contribution in [3.63, 3.8) is 0 Å². The van der Waals surface area contributed by atoms with Crippen LogP contribution in [0.15, 0.2) is 30.0 Å². The number of carboxylic acid groups (broad SMARTS) is 2. The average Bonchev–Trinajstić information content (AvgIpc) is 3.59. The highest BCUT2D eigenvalue weighted by molar-refractivity contribution is 5.74. The van der Waals surface area contributed by atoms with E-state index in [4.69, 9.17) is 0 Å². The number of allylic oxidation sites excluding steroid dienone is 1. The predicted octanol–water partition coefficient (Wildman–Crippen LogP) is 4.61. The molecule has 0 aliphatic carbocycles.